The molecule has 4 nitrogen and oxygen atoms in total. The number of nitrogens with one attached hydrogen (secondary N) is 1. The van der Waals surface area contributed by atoms with E-state index >= 15 is 0 Å². The van der Waals surface area contributed by atoms with Gasteiger partial charge in [0.25, 0.3) is 0 Å². The Morgan fingerprint density at radius 3 is 2.45 bits per heavy atom. The maximum Gasteiger partial charge on any atom is 0.138 e. The van der Waals surface area contributed by atoms with Crippen LogP contribution in [-0.2, 0) is 0 Å². The largest absolute Gasteiger partial charge is 0.506 e. The zero-order chi connectivity index (χ0) is 23.0. The summed E-state index contributed by atoms with van der Waals surface area (Å²) in [4.78, 5) is 5.18. The number of hydrogen-bond acceptors (Lipinski definition) is 4. The van der Waals surface area contributed by atoms with Crippen LogP contribution in [0.1, 0.15) is 35.6 Å². The number of anilines is 1. The normalized spacial score (nSPS) is 16.3. The van der Waals surface area contributed by atoms with Crippen LogP contribution >= 0.6 is 11.6 Å². The number of phenolic OH excluding ortho intramolecular Hbond substituents is 1. The average Bonchev–Trinajstić information content (AvgIpc) is 3.07. The molecule has 1 aliphatic heterocycles. The molecule has 1 heterocycles. The van der Waals surface area contributed by atoms with Crippen molar-refractivity contribution in [1.82, 2.24) is 9.80 Å². The summed E-state index contributed by atoms with van der Waals surface area (Å²) in [6.07, 6.45) is 2.20. The van der Waals surface area contributed by atoms with Crippen LogP contribution in [0.4, 0.5) is 5.69 Å². The Morgan fingerprint density at radius 2 is 1.67 bits per heavy atom. The number of hydrogen-bond donors (Lipinski definition) is 2. The molecule has 5 heteroatoms. The lowest BCUT2D eigenvalue weighted by atomic mass is 9.97. The molecule has 33 heavy (non-hydrogen) atoms. The molecule has 174 valence electrons. The van der Waals surface area contributed by atoms with E-state index in [0.29, 0.717) is 5.75 Å². The number of rotatable bonds is 8. The molecule has 3 aromatic carbocycles. The maximum absolute atomic E-state index is 10.0. The second-order valence-corrected chi connectivity index (χ2v) is 9.33. The first-order chi connectivity index (χ1) is 16.1. The Bertz CT molecular complexity index is 1010. The molecule has 0 saturated carbocycles. The predicted octanol–water partition coefficient (Wildman–Crippen LogP) is 5.95. The van der Waals surface area contributed by atoms with Gasteiger partial charge < -0.3 is 15.3 Å². The van der Waals surface area contributed by atoms with Gasteiger partial charge in [0.15, 0.2) is 0 Å². The highest BCUT2D eigenvalue weighted by Crippen LogP contribution is 2.30. The number of aromatic hydroxyl groups is 1. The van der Waals surface area contributed by atoms with Crippen molar-refractivity contribution in [3.05, 3.63) is 94.5 Å². The van der Waals surface area contributed by atoms with Gasteiger partial charge in [0.05, 0.1) is 11.7 Å². The number of nitrogens with zero attached hydrogens (tertiary/aromatic N) is 2. The Kier molecular flexibility index (Phi) is 8.27. The fourth-order valence-corrected chi connectivity index (χ4v) is 4.81. The third-order valence-electron chi connectivity index (χ3n) is 6.41. The van der Waals surface area contributed by atoms with Gasteiger partial charge in [-0.3, -0.25) is 4.90 Å². The molecule has 1 aliphatic rings. The number of phenols is 1. The van der Waals surface area contributed by atoms with Crippen molar-refractivity contribution in [2.24, 2.45) is 0 Å². The van der Waals surface area contributed by atoms with Gasteiger partial charge in [0, 0.05) is 31.2 Å². The highest BCUT2D eigenvalue weighted by Gasteiger charge is 2.24. The maximum atomic E-state index is 10.0. The van der Waals surface area contributed by atoms with Crippen molar-refractivity contribution in [2.45, 2.75) is 25.8 Å². The van der Waals surface area contributed by atoms with Gasteiger partial charge in [-0.2, -0.15) is 0 Å². The van der Waals surface area contributed by atoms with Crippen LogP contribution in [0.15, 0.2) is 72.8 Å². The summed E-state index contributed by atoms with van der Waals surface area (Å²) in [6, 6.07) is 25.0. The van der Waals surface area contributed by atoms with E-state index in [2.05, 4.69) is 57.6 Å². The molecule has 2 N–H and O–H groups in total. The topological polar surface area (TPSA) is 38.7 Å². The summed E-state index contributed by atoms with van der Waals surface area (Å²) in [5, 5.41) is 14.2. The third-order valence-corrected chi connectivity index (χ3v) is 6.66. The summed E-state index contributed by atoms with van der Waals surface area (Å²) >= 11 is 6.17. The minimum Gasteiger partial charge on any atom is -0.506 e. The Hall–Kier alpha value is -2.53. The van der Waals surface area contributed by atoms with Gasteiger partial charge in [0.1, 0.15) is 5.75 Å². The van der Waals surface area contributed by atoms with E-state index in [0.717, 1.165) is 68.4 Å². The van der Waals surface area contributed by atoms with E-state index in [4.69, 9.17) is 11.6 Å². The number of aryl methyl sites for hydroxylation is 1. The molecular weight excluding hydrogens is 430 g/mol. The molecule has 0 spiro atoms. The number of halogens is 1. The molecule has 0 bridgehead atoms. The summed E-state index contributed by atoms with van der Waals surface area (Å²) in [7, 11) is 0. The van der Waals surface area contributed by atoms with Gasteiger partial charge in [-0.15, -0.1) is 0 Å². The van der Waals surface area contributed by atoms with Crippen molar-refractivity contribution in [2.75, 3.05) is 44.6 Å². The Balaban J connectivity index is 1.34. The monoisotopic (exact) mass is 463 g/mol. The second kappa shape index (κ2) is 11.6. The van der Waals surface area contributed by atoms with Crippen LogP contribution < -0.4 is 5.32 Å². The summed E-state index contributed by atoms with van der Waals surface area (Å²) in [5.74, 6) is 0.320. The molecule has 1 atom stereocenters. The Morgan fingerprint density at radius 1 is 0.909 bits per heavy atom. The van der Waals surface area contributed by atoms with Gasteiger partial charge >= 0.3 is 0 Å². The fraction of sp³-hybridized carbons (Fsp3) is 0.357. The first-order valence-electron chi connectivity index (χ1n) is 11.9. The number of benzene rings is 3. The highest BCUT2D eigenvalue weighted by molar-refractivity contribution is 6.30. The molecule has 0 amide bonds. The molecule has 0 aliphatic carbocycles. The van der Waals surface area contributed by atoms with Crippen LogP contribution in [0.25, 0.3) is 0 Å². The SMILES string of the molecule is Cc1ccc(O)c(NCCCN2CCCN(C(c3ccccc3)c3ccc(Cl)cc3)CC2)c1. The van der Waals surface area contributed by atoms with Gasteiger partial charge in [-0.1, -0.05) is 60.1 Å². The average molecular weight is 464 g/mol. The van der Waals surface area contributed by atoms with Gasteiger partial charge in [0.2, 0.25) is 0 Å². The van der Waals surface area contributed by atoms with Crippen LogP contribution in [0.2, 0.25) is 5.02 Å². The first-order valence-corrected chi connectivity index (χ1v) is 12.3. The predicted molar refractivity (Wildman–Crippen MR) is 138 cm³/mol. The molecular formula is C28H34ClN3O. The molecule has 4 rings (SSSR count). The second-order valence-electron chi connectivity index (χ2n) is 8.90. The molecule has 0 aromatic heterocycles. The van der Waals surface area contributed by atoms with E-state index in [1.165, 1.54) is 11.1 Å². The fourth-order valence-electron chi connectivity index (χ4n) is 4.68. The lowest BCUT2D eigenvalue weighted by Crippen LogP contribution is -2.34. The lowest BCUT2D eigenvalue weighted by molar-refractivity contribution is 0.223. The first kappa shape index (κ1) is 23.6. The van der Waals surface area contributed by atoms with Crippen LogP contribution in [0, 0.1) is 6.92 Å². The minimum absolute atomic E-state index is 0.245. The van der Waals surface area contributed by atoms with Crippen LogP contribution in [-0.4, -0.2) is 54.2 Å². The van der Waals surface area contributed by atoms with Crippen molar-refractivity contribution >= 4 is 17.3 Å². The Labute approximate surface area is 202 Å². The van der Waals surface area contributed by atoms with Crippen molar-refractivity contribution in [1.29, 1.82) is 0 Å². The standard InChI is InChI=1S/C28H34ClN3O/c1-22-9-14-27(33)26(21-22)30-15-5-16-31-17-6-18-32(20-19-31)28(23-7-3-2-4-8-23)24-10-12-25(29)13-11-24/h2-4,7-14,21,28,30,33H,5-6,15-20H2,1H3. The zero-order valence-corrected chi connectivity index (χ0v) is 20.1. The van der Waals surface area contributed by atoms with Crippen molar-refractivity contribution < 1.29 is 5.11 Å². The van der Waals surface area contributed by atoms with Gasteiger partial charge in [-0.05, 0) is 73.8 Å². The summed E-state index contributed by atoms with van der Waals surface area (Å²) in [6.45, 7) is 8.25. The molecule has 0 radical (unpaired) electrons. The zero-order valence-electron chi connectivity index (χ0n) is 19.4. The quantitative estimate of drug-likeness (QED) is 0.319. The van der Waals surface area contributed by atoms with Crippen LogP contribution in [0.3, 0.4) is 0 Å². The summed E-state index contributed by atoms with van der Waals surface area (Å²) < 4.78 is 0. The van der Waals surface area contributed by atoms with Gasteiger partial charge in [-0.25, -0.2) is 0 Å². The van der Waals surface area contributed by atoms with Crippen molar-refractivity contribution in [3.8, 4) is 5.75 Å². The van der Waals surface area contributed by atoms with E-state index in [1.807, 2.05) is 31.2 Å². The molecule has 1 saturated heterocycles. The van der Waals surface area contributed by atoms with E-state index in [1.54, 1.807) is 6.07 Å². The highest BCUT2D eigenvalue weighted by atomic mass is 35.5. The van der Waals surface area contributed by atoms with E-state index < -0.39 is 0 Å². The summed E-state index contributed by atoms with van der Waals surface area (Å²) in [5.41, 5.74) is 4.60. The van der Waals surface area contributed by atoms with Crippen molar-refractivity contribution in [3.63, 3.8) is 0 Å². The molecule has 3 aromatic rings. The smallest absolute Gasteiger partial charge is 0.138 e. The van der Waals surface area contributed by atoms with E-state index in [-0.39, 0.29) is 6.04 Å². The van der Waals surface area contributed by atoms with E-state index in [9.17, 15) is 5.11 Å². The lowest BCUT2D eigenvalue weighted by Gasteiger charge is -2.31. The van der Waals surface area contributed by atoms with Crippen LogP contribution in [0.5, 0.6) is 5.75 Å². The molecule has 1 unspecified atom stereocenters. The third kappa shape index (κ3) is 6.50. The molecule has 1 fully saturated rings. The minimum atomic E-state index is 0.245.